The molecule has 0 aliphatic carbocycles. The maximum Gasteiger partial charge on any atom is 0.331 e. The van der Waals surface area contributed by atoms with Gasteiger partial charge in [0, 0.05) is 13.1 Å². The molecule has 1 heterocycles. The van der Waals surface area contributed by atoms with Crippen molar-refractivity contribution in [2.75, 3.05) is 20.2 Å². The van der Waals surface area contributed by atoms with Crippen LogP contribution in [0, 0.1) is 6.92 Å². The van der Waals surface area contributed by atoms with E-state index in [-0.39, 0.29) is 19.0 Å². The van der Waals surface area contributed by atoms with Crippen LogP contribution in [0.3, 0.4) is 0 Å². The van der Waals surface area contributed by atoms with Crippen molar-refractivity contribution in [2.45, 2.75) is 13.5 Å². The summed E-state index contributed by atoms with van der Waals surface area (Å²) in [5.41, 5.74) is 1.92. The zero-order chi connectivity index (χ0) is 19.6. The number of amides is 2. The van der Waals surface area contributed by atoms with Crippen molar-refractivity contribution in [3.63, 3.8) is 0 Å². The lowest BCUT2D eigenvalue weighted by molar-refractivity contribution is -0.148. The Morgan fingerprint density at radius 2 is 1.96 bits per heavy atom. The third kappa shape index (κ3) is 6.81. The smallest absolute Gasteiger partial charge is 0.331 e. The van der Waals surface area contributed by atoms with Crippen LogP contribution in [0.5, 0.6) is 0 Å². The van der Waals surface area contributed by atoms with Gasteiger partial charge in [0.25, 0.3) is 5.91 Å². The van der Waals surface area contributed by atoms with Crippen LogP contribution in [0.1, 0.15) is 16.9 Å². The Kier molecular flexibility index (Phi) is 7.37. The normalized spacial score (nSPS) is 10.6. The van der Waals surface area contributed by atoms with E-state index in [0.717, 1.165) is 11.1 Å². The van der Waals surface area contributed by atoms with Gasteiger partial charge in [-0.05, 0) is 36.3 Å². The van der Waals surface area contributed by atoms with Gasteiger partial charge in [0.2, 0.25) is 5.91 Å². The van der Waals surface area contributed by atoms with Crippen LogP contribution in [-0.2, 0) is 25.7 Å². The molecule has 1 aromatic heterocycles. The molecule has 2 aromatic rings. The van der Waals surface area contributed by atoms with Gasteiger partial charge < -0.3 is 19.4 Å². The highest BCUT2D eigenvalue weighted by atomic mass is 16.5. The highest BCUT2D eigenvalue weighted by Crippen LogP contribution is 2.08. The Hall–Kier alpha value is -3.35. The molecule has 0 saturated carbocycles. The van der Waals surface area contributed by atoms with Gasteiger partial charge in [0.05, 0.1) is 19.4 Å². The second-order valence-electron chi connectivity index (χ2n) is 5.90. The Bertz CT molecular complexity index is 812. The summed E-state index contributed by atoms with van der Waals surface area (Å²) in [4.78, 5) is 36.7. The summed E-state index contributed by atoms with van der Waals surface area (Å²) in [6, 6.07) is 11.0. The Labute approximate surface area is 157 Å². The van der Waals surface area contributed by atoms with Gasteiger partial charge in [-0.1, -0.05) is 24.3 Å². The number of esters is 1. The predicted molar refractivity (Wildman–Crippen MR) is 99.4 cm³/mol. The Morgan fingerprint density at radius 3 is 2.67 bits per heavy atom. The number of hydrogen-bond acceptors (Lipinski definition) is 5. The fourth-order valence-electron chi connectivity index (χ4n) is 2.18. The van der Waals surface area contributed by atoms with Crippen molar-refractivity contribution < 1.29 is 23.5 Å². The largest absolute Gasteiger partial charge is 0.467 e. The van der Waals surface area contributed by atoms with Crippen LogP contribution in [0.25, 0.3) is 6.08 Å². The minimum atomic E-state index is -0.623. The molecule has 0 fully saturated rings. The summed E-state index contributed by atoms with van der Waals surface area (Å²) in [6.07, 6.45) is 4.42. The zero-order valence-electron chi connectivity index (χ0n) is 15.3. The lowest BCUT2D eigenvalue weighted by Crippen LogP contribution is -2.39. The van der Waals surface area contributed by atoms with Crippen LogP contribution in [0.2, 0.25) is 0 Å². The zero-order valence-corrected chi connectivity index (χ0v) is 15.3. The van der Waals surface area contributed by atoms with Gasteiger partial charge in [-0.3, -0.25) is 9.59 Å². The summed E-state index contributed by atoms with van der Waals surface area (Å²) in [5.74, 6) is -0.817. The van der Waals surface area contributed by atoms with E-state index >= 15 is 0 Å². The lowest BCUT2D eigenvalue weighted by Gasteiger charge is -2.16. The monoisotopic (exact) mass is 370 g/mol. The molecule has 0 aliphatic heterocycles. The molecule has 7 nitrogen and oxygen atoms in total. The summed E-state index contributed by atoms with van der Waals surface area (Å²) in [6.45, 7) is 1.60. The molecular formula is C20H22N2O5. The lowest BCUT2D eigenvalue weighted by atomic mass is 10.1. The first kappa shape index (κ1) is 20.0. The maximum absolute atomic E-state index is 12.0. The standard InChI is InChI=1S/C20H22N2O5/c1-15-6-3-4-7-16(15)9-10-20(25)27-14-19(24)22(2)13-18(23)21-12-17-8-5-11-26-17/h3-11H,12-14H2,1-2H3,(H,21,23)/b10-9+. The number of nitrogens with zero attached hydrogens (tertiary/aromatic N) is 1. The quantitative estimate of drug-likeness (QED) is 0.566. The van der Waals surface area contributed by atoms with E-state index in [1.165, 1.54) is 24.3 Å². The van der Waals surface area contributed by atoms with Gasteiger partial charge in [-0.25, -0.2) is 4.79 Å². The van der Waals surface area contributed by atoms with Crippen LogP contribution < -0.4 is 5.32 Å². The van der Waals surface area contributed by atoms with E-state index in [2.05, 4.69) is 5.32 Å². The topological polar surface area (TPSA) is 88.9 Å². The summed E-state index contributed by atoms with van der Waals surface area (Å²) in [7, 11) is 1.46. The van der Waals surface area contributed by atoms with Crippen molar-refractivity contribution in [1.29, 1.82) is 0 Å². The van der Waals surface area contributed by atoms with Crippen molar-refractivity contribution in [1.82, 2.24) is 10.2 Å². The van der Waals surface area contributed by atoms with E-state index in [0.29, 0.717) is 5.76 Å². The van der Waals surface area contributed by atoms with Crippen LogP contribution >= 0.6 is 0 Å². The summed E-state index contributed by atoms with van der Waals surface area (Å²) in [5, 5.41) is 2.63. The van der Waals surface area contributed by atoms with Gasteiger partial charge in [-0.15, -0.1) is 0 Å². The van der Waals surface area contributed by atoms with Crippen molar-refractivity contribution in [2.24, 2.45) is 0 Å². The van der Waals surface area contributed by atoms with Crippen molar-refractivity contribution in [3.8, 4) is 0 Å². The molecular weight excluding hydrogens is 348 g/mol. The summed E-state index contributed by atoms with van der Waals surface area (Å²) >= 11 is 0. The molecule has 2 amide bonds. The first-order chi connectivity index (χ1) is 13.0. The Balaban J connectivity index is 1.71. The van der Waals surface area contributed by atoms with E-state index in [1.54, 1.807) is 18.2 Å². The fraction of sp³-hybridized carbons (Fsp3) is 0.250. The van der Waals surface area contributed by atoms with Crippen LogP contribution in [0.4, 0.5) is 0 Å². The number of likely N-dealkylation sites (N-methyl/N-ethyl adjacent to an activating group) is 1. The second kappa shape index (κ2) is 9.96. The molecule has 0 aliphatic rings. The predicted octanol–water partition coefficient (Wildman–Crippen LogP) is 1.92. The second-order valence-corrected chi connectivity index (χ2v) is 5.90. The van der Waals surface area contributed by atoms with E-state index in [1.807, 2.05) is 31.2 Å². The van der Waals surface area contributed by atoms with Gasteiger partial charge in [0.1, 0.15) is 5.76 Å². The fourth-order valence-corrected chi connectivity index (χ4v) is 2.18. The number of furan rings is 1. The number of benzene rings is 1. The van der Waals surface area contributed by atoms with E-state index < -0.39 is 18.5 Å². The molecule has 142 valence electrons. The number of nitrogens with one attached hydrogen (secondary N) is 1. The molecule has 0 atom stereocenters. The first-order valence-corrected chi connectivity index (χ1v) is 8.39. The maximum atomic E-state index is 12.0. The number of carbonyl (C=O) groups is 3. The molecule has 0 radical (unpaired) electrons. The average molecular weight is 370 g/mol. The van der Waals surface area contributed by atoms with Gasteiger partial charge in [-0.2, -0.15) is 0 Å². The number of aryl methyl sites for hydroxylation is 1. The first-order valence-electron chi connectivity index (χ1n) is 8.39. The molecule has 1 N–H and O–H groups in total. The molecule has 7 heteroatoms. The highest BCUT2D eigenvalue weighted by Gasteiger charge is 2.14. The molecule has 2 rings (SSSR count). The van der Waals surface area contributed by atoms with Crippen molar-refractivity contribution >= 4 is 23.9 Å². The molecule has 27 heavy (non-hydrogen) atoms. The SMILES string of the molecule is Cc1ccccc1/C=C/C(=O)OCC(=O)N(C)CC(=O)NCc1ccco1. The molecule has 0 saturated heterocycles. The highest BCUT2D eigenvalue weighted by molar-refractivity contribution is 5.90. The van der Waals surface area contributed by atoms with Gasteiger partial charge >= 0.3 is 5.97 Å². The molecule has 1 aromatic carbocycles. The van der Waals surface area contributed by atoms with Crippen LogP contribution in [0.15, 0.2) is 53.2 Å². The molecule has 0 bridgehead atoms. The van der Waals surface area contributed by atoms with E-state index in [4.69, 9.17) is 9.15 Å². The average Bonchev–Trinajstić information content (AvgIpc) is 3.17. The number of hydrogen-bond donors (Lipinski definition) is 1. The van der Waals surface area contributed by atoms with Gasteiger partial charge in [0.15, 0.2) is 6.61 Å². The minimum absolute atomic E-state index is 0.143. The van der Waals surface area contributed by atoms with E-state index in [9.17, 15) is 14.4 Å². The minimum Gasteiger partial charge on any atom is -0.467 e. The Morgan fingerprint density at radius 1 is 1.19 bits per heavy atom. The number of ether oxygens (including phenoxy) is 1. The number of rotatable bonds is 8. The third-order valence-corrected chi connectivity index (χ3v) is 3.77. The number of carbonyl (C=O) groups excluding carboxylic acids is 3. The van der Waals surface area contributed by atoms with Crippen LogP contribution in [-0.4, -0.2) is 42.9 Å². The third-order valence-electron chi connectivity index (χ3n) is 3.77. The molecule has 0 spiro atoms. The van der Waals surface area contributed by atoms with Crippen molar-refractivity contribution in [3.05, 3.63) is 65.6 Å². The molecule has 0 unspecified atom stereocenters. The summed E-state index contributed by atoms with van der Waals surface area (Å²) < 4.78 is 10.0.